The van der Waals surface area contributed by atoms with Crippen molar-refractivity contribution in [3.05, 3.63) is 45.0 Å². The first-order valence-corrected chi connectivity index (χ1v) is 6.53. The van der Waals surface area contributed by atoms with Gasteiger partial charge < -0.3 is 10.1 Å². The van der Waals surface area contributed by atoms with Gasteiger partial charge in [0.25, 0.3) is 10.3 Å². The molecule has 1 heterocycles. The minimum atomic E-state index is -2.76. The lowest BCUT2D eigenvalue weighted by atomic mass is 10.1. The molecular weight excluding hydrogens is 284 g/mol. The zero-order valence-corrected chi connectivity index (χ0v) is 11.9. The summed E-state index contributed by atoms with van der Waals surface area (Å²) >= 11 is 0. The maximum atomic E-state index is 10.1. The van der Waals surface area contributed by atoms with E-state index < -0.39 is 26.0 Å². The van der Waals surface area contributed by atoms with Crippen molar-refractivity contribution in [2.24, 2.45) is 15.4 Å². The van der Waals surface area contributed by atoms with E-state index in [1.54, 1.807) is 0 Å². The highest BCUT2D eigenvalue weighted by molar-refractivity contribution is 7.74. The van der Waals surface area contributed by atoms with Crippen LogP contribution in [-0.2, 0) is 10.3 Å². The maximum absolute atomic E-state index is 10.1. The van der Waals surface area contributed by atoms with Crippen LogP contribution in [-0.4, -0.2) is 24.2 Å². The van der Waals surface area contributed by atoms with Crippen LogP contribution >= 0.6 is 0 Å². The van der Waals surface area contributed by atoms with E-state index in [0.717, 1.165) is 0 Å². The maximum Gasteiger partial charge on any atom is 0.436 e. The van der Waals surface area contributed by atoms with Gasteiger partial charge in [-0.05, 0) is 25.7 Å². The standard InChI is InChI=1S/C9H12.C2N4O4S/c1-7-4-8(2)6-9(3)5-7;7-6(8)1-2(11(9)10)4-5-3-1/h4-6H,1-3H3;. The van der Waals surface area contributed by atoms with Gasteiger partial charge in [0.05, 0.1) is 5.22 Å². The van der Waals surface area contributed by atoms with Gasteiger partial charge in [-0.25, -0.2) is 0 Å². The van der Waals surface area contributed by atoms with E-state index in [9.17, 15) is 18.5 Å². The average Bonchev–Trinajstić information content (AvgIpc) is 2.76. The number of hydrogen-bond acceptors (Lipinski definition) is 6. The molecule has 0 atom stereocenters. The summed E-state index contributed by atoms with van der Waals surface area (Å²) in [4.78, 5) is 8.27. The molecule has 0 aromatic heterocycles. The molecule has 20 heavy (non-hydrogen) atoms. The zero-order chi connectivity index (χ0) is 15.3. The van der Waals surface area contributed by atoms with Gasteiger partial charge in [0.2, 0.25) is 0 Å². The van der Waals surface area contributed by atoms with Gasteiger partial charge >= 0.3 is 10.8 Å². The number of aryl methyl sites for hydroxylation is 3. The molecule has 0 aliphatic carbocycles. The summed E-state index contributed by atoms with van der Waals surface area (Å²) in [6.45, 7) is 6.38. The van der Waals surface area contributed by atoms with E-state index in [0.29, 0.717) is 0 Å². The van der Waals surface area contributed by atoms with Crippen molar-refractivity contribution in [3.63, 3.8) is 0 Å². The third-order valence-electron chi connectivity index (χ3n) is 2.16. The summed E-state index contributed by atoms with van der Waals surface area (Å²) in [5.74, 6) is -0.849. The Morgan fingerprint density at radius 3 is 1.80 bits per heavy atom. The van der Waals surface area contributed by atoms with Gasteiger partial charge in [-0.3, -0.25) is 0 Å². The van der Waals surface area contributed by atoms with E-state index in [1.807, 2.05) is 0 Å². The first kappa shape index (κ1) is 15.6. The van der Waals surface area contributed by atoms with Crippen molar-refractivity contribution in [1.29, 1.82) is 0 Å². The quantitative estimate of drug-likeness (QED) is 0.411. The Bertz CT molecular complexity index is 676. The molecule has 0 spiro atoms. The topological polar surface area (TPSA) is 114 Å². The van der Waals surface area contributed by atoms with Crippen LogP contribution < -0.4 is 0 Å². The van der Waals surface area contributed by atoms with Crippen LogP contribution in [0, 0.1) is 30.9 Å². The van der Waals surface area contributed by atoms with E-state index in [2.05, 4.69) is 54.4 Å². The Hall–Kier alpha value is -2.42. The van der Waals surface area contributed by atoms with Crippen LogP contribution in [0.2, 0.25) is 0 Å². The van der Waals surface area contributed by atoms with Gasteiger partial charge in [-0.15, -0.1) is 0 Å². The van der Waals surface area contributed by atoms with Crippen LogP contribution in [0.3, 0.4) is 0 Å². The molecule has 1 aliphatic heterocycles. The highest BCUT2D eigenvalue weighted by Crippen LogP contribution is 2.06. The Morgan fingerprint density at radius 2 is 1.50 bits per heavy atom. The van der Waals surface area contributed by atoms with Gasteiger partial charge in [0.15, 0.2) is 0 Å². The zero-order valence-electron chi connectivity index (χ0n) is 11.1. The number of rotatable bonds is 0. The van der Waals surface area contributed by atoms with E-state index >= 15 is 0 Å². The van der Waals surface area contributed by atoms with Crippen molar-refractivity contribution >= 4 is 21.1 Å². The van der Waals surface area contributed by atoms with Crippen molar-refractivity contribution < 1.29 is 13.3 Å². The van der Waals surface area contributed by atoms with Crippen LogP contribution in [0.4, 0.5) is 0 Å². The predicted molar refractivity (Wildman–Crippen MR) is 73.9 cm³/mol. The summed E-state index contributed by atoms with van der Waals surface area (Å²) in [7, 11) is -2.76. The first-order chi connectivity index (χ1) is 9.31. The van der Waals surface area contributed by atoms with Gasteiger partial charge in [0.1, 0.15) is 5.10 Å². The minimum Gasteiger partial charge on any atom is -0.358 e. The lowest BCUT2D eigenvalue weighted by Crippen LogP contribution is -2.19. The molecule has 106 valence electrons. The Labute approximate surface area is 116 Å². The molecule has 0 radical (unpaired) electrons. The number of amidine groups is 1. The molecule has 0 unspecified atom stereocenters. The molecule has 0 fully saturated rings. The molecule has 0 amide bonds. The average molecular weight is 296 g/mol. The van der Waals surface area contributed by atoms with E-state index in [1.165, 1.54) is 16.7 Å². The minimum absolute atomic E-state index is 0.741. The molecule has 0 bridgehead atoms. The van der Waals surface area contributed by atoms with E-state index in [4.69, 9.17) is 0 Å². The summed E-state index contributed by atoms with van der Waals surface area (Å²) < 4.78 is 20.3. The lowest BCUT2D eigenvalue weighted by Gasteiger charge is -1.96. The van der Waals surface area contributed by atoms with Crippen LogP contribution in [0.25, 0.3) is 0 Å². The summed E-state index contributed by atoms with van der Waals surface area (Å²) in [6.07, 6.45) is 0. The largest absolute Gasteiger partial charge is 0.436 e. The van der Waals surface area contributed by atoms with Crippen LogP contribution in [0.15, 0.2) is 33.6 Å². The van der Waals surface area contributed by atoms with Crippen molar-refractivity contribution in [2.45, 2.75) is 20.8 Å². The Morgan fingerprint density at radius 1 is 1.05 bits per heavy atom. The normalized spacial score (nSPS) is 12.6. The molecular formula is C11H12N4O4S. The third-order valence-corrected chi connectivity index (χ3v) is 2.74. The second-order valence-electron chi connectivity index (χ2n) is 4.08. The fourth-order valence-corrected chi connectivity index (χ4v) is 1.99. The summed E-state index contributed by atoms with van der Waals surface area (Å²) in [5, 5.41) is 18.6. The molecule has 0 saturated heterocycles. The monoisotopic (exact) mass is 296 g/mol. The molecule has 1 aromatic carbocycles. The number of nitrogens with zero attached hydrogens (tertiary/aromatic N) is 4. The molecule has 1 aliphatic rings. The van der Waals surface area contributed by atoms with E-state index in [-0.39, 0.29) is 0 Å². The smallest absolute Gasteiger partial charge is 0.358 e. The highest BCUT2D eigenvalue weighted by atomic mass is 32.2. The predicted octanol–water partition coefficient (Wildman–Crippen LogP) is 1.66. The van der Waals surface area contributed by atoms with Crippen molar-refractivity contribution in [2.75, 3.05) is 0 Å². The van der Waals surface area contributed by atoms with Gasteiger partial charge in [0, 0.05) is 0 Å². The number of nitro groups is 1. The highest BCUT2D eigenvalue weighted by Gasteiger charge is 2.28. The SMILES string of the molecule is Cc1cc(C)cc(C)c1.O=[N+]([O-])C1=NN=NC1=S(=O)=O. The molecule has 1 aromatic rings. The molecule has 0 N–H and O–H groups in total. The summed E-state index contributed by atoms with van der Waals surface area (Å²) in [6, 6.07) is 6.56. The number of hydrogen-bond donors (Lipinski definition) is 0. The third kappa shape index (κ3) is 4.35. The second kappa shape index (κ2) is 6.66. The van der Waals surface area contributed by atoms with Crippen LogP contribution in [0.5, 0.6) is 0 Å². The molecule has 0 saturated carbocycles. The molecule has 8 nitrogen and oxygen atoms in total. The fourth-order valence-electron chi connectivity index (χ4n) is 1.62. The fraction of sp³-hybridized carbons (Fsp3) is 0.273. The number of benzene rings is 1. The molecule has 2 rings (SSSR count). The first-order valence-electron chi connectivity index (χ1n) is 5.46. The lowest BCUT2D eigenvalue weighted by molar-refractivity contribution is -0.345. The Kier molecular flexibility index (Phi) is 5.21. The Balaban J connectivity index is 0.000000204. The van der Waals surface area contributed by atoms with Crippen LogP contribution in [0.1, 0.15) is 16.7 Å². The van der Waals surface area contributed by atoms with Crippen molar-refractivity contribution in [1.82, 2.24) is 0 Å². The summed E-state index contributed by atoms with van der Waals surface area (Å²) in [5.41, 5.74) is 4.06. The van der Waals surface area contributed by atoms with Gasteiger partial charge in [-0.1, -0.05) is 40.0 Å². The van der Waals surface area contributed by atoms with Crippen molar-refractivity contribution in [3.8, 4) is 0 Å². The second-order valence-corrected chi connectivity index (χ2v) is 4.93. The molecule has 9 heteroatoms. The van der Waals surface area contributed by atoms with Gasteiger partial charge in [-0.2, -0.15) is 8.42 Å².